The molecule has 1 saturated heterocycles. The second kappa shape index (κ2) is 9.33. The van der Waals surface area contributed by atoms with Gasteiger partial charge in [0.2, 0.25) is 0 Å². The summed E-state index contributed by atoms with van der Waals surface area (Å²) in [5, 5.41) is 3.51. The lowest BCUT2D eigenvalue weighted by Gasteiger charge is -2.32. The monoisotopic (exact) mass is 340 g/mol. The fourth-order valence-corrected chi connectivity index (χ4v) is 3.05. The molecule has 24 heavy (non-hydrogen) atoms. The van der Waals surface area contributed by atoms with E-state index in [1.165, 1.54) is 5.56 Å². The van der Waals surface area contributed by atoms with E-state index >= 15 is 0 Å². The van der Waals surface area contributed by atoms with Crippen LogP contribution in [0.1, 0.15) is 45.1 Å². The number of nitrogens with one attached hydrogen (secondary N) is 1. The van der Waals surface area contributed by atoms with Gasteiger partial charge in [0.1, 0.15) is 11.9 Å². The molecule has 1 N–H and O–H groups in total. The lowest BCUT2D eigenvalue weighted by Crippen LogP contribution is -2.46. The van der Waals surface area contributed by atoms with Gasteiger partial charge in [-0.25, -0.2) is 8.78 Å². The Kier molecular flexibility index (Phi) is 7.43. The minimum Gasteiger partial charge on any atom is -0.489 e. The highest BCUT2D eigenvalue weighted by atomic mass is 19.3. The largest absolute Gasteiger partial charge is 0.489 e. The number of likely N-dealkylation sites (tertiary alicyclic amines) is 1. The summed E-state index contributed by atoms with van der Waals surface area (Å²) in [5.41, 5.74) is 1.31. The van der Waals surface area contributed by atoms with Crippen LogP contribution in [0.2, 0.25) is 0 Å². The standard InChI is InChI=1S/C19H30F2N2O/c1-14(2)16-4-6-18(7-5-16)24-15(3)12-22-17-8-10-23(11-9-17)13-19(20)21/h4-7,14-15,17,19,22H,8-13H2,1-3H3. The first-order valence-corrected chi connectivity index (χ1v) is 8.94. The van der Waals surface area contributed by atoms with Crippen molar-refractivity contribution in [3.05, 3.63) is 29.8 Å². The van der Waals surface area contributed by atoms with Gasteiger partial charge in [0.25, 0.3) is 6.43 Å². The van der Waals surface area contributed by atoms with Crippen LogP contribution in [0.5, 0.6) is 5.75 Å². The Bertz CT molecular complexity index is 471. The van der Waals surface area contributed by atoms with Crippen LogP contribution in [0.25, 0.3) is 0 Å². The second-order valence-electron chi connectivity index (χ2n) is 7.03. The molecular formula is C19H30F2N2O. The predicted octanol–water partition coefficient (Wildman–Crippen LogP) is 3.90. The van der Waals surface area contributed by atoms with Crippen molar-refractivity contribution < 1.29 is 13.5 Å². The summed E-state index contributed by atoms with van der Waals surface area (Å²) in [6, 6.07) is 8.66. The van der Waals surface area contributed by atoms with Gasteiger partial charge in [-0.15, -0.1) is 0 Å². The number of alkyl halides is 2. The Labute approximate surface area is 144 Å². The highest BCUT2D eigenvalue weighted by Crippen LogP contribution is 2.19. The van der Waals surface area contributed by atoms with E-state index in [9.17, 15) is 8.78 Å². The van der Waals surface area contributed by atoms with Crippen molar-refractivity contribution in [2.45, 2.75) is 58.1 Å². The maximum atomic E-state index is 12.4. The molecule has 1 unspecified atom stereocenters. The Morgan fingerprint density at radius 3 is 2.29 bits per heavy atom. The highest BCUT2D eigenvalue weighted by molar-refractivity contribution is 5.29. The summed E-state index contributed by atoms with van der Waals surface area (Å²) in [5.74, 6) is 1.41. The fourth-order valence-electron chi connectivity index (χ4n) is 3.05. The first kappa shape index (κ1) is 19.1. The van der Waals surface area contributed by atoms with E-state index in [1.807, 2.05) is 17.0 Å². The number of hydrogen-bond acceptors (Lipinski definition) is 3. The third-order valence-corrected chi connectivity index (χ3v) is 4.56. The molecule has 0 bridgehead atoms. The molecule has 0 spiro atoms. The summed E-state index contributed by atoms with van der Waals surface area (Å²) in [6.45, 7) is 8.56. The predicted molar refractivity (Wildman–Crippen MR) is 94.1 cm³/mol. The topological polar surface area (TPSA) is 24.5 Å². The molecule has 3 nitrogen and oxygen atoms in total. The van der Waals surface area contributed by atoms with Crippen LogP contribution in [0, 0.1) is 0 Å². The summed E-state index contributed by atoms with van der Waals surface area (Å²) in [4.78, 5) is 1.85. The number of benzene rings is 1. The van der Waals surface area contributed by atoms with Crippen molar-refractivity contribution in [3.8, 4) is 5.75 Å². The number of rotatable bonds is 8. The lowest BCUT2D eigenvalue weighted by atomic mass is 10.0. The summed E-state index contributed by atoms with van der Waals surface area (Å²) in [7, 11) is 0. The molecular weight excluding hydrogens is 310 g/mol. The zero-order valence-electron chi connectivity index (χ0n) is 15.0. The highest BCUT2D eigenvalue weighted by Gasteiger charge is 2.21. The molecule has 1 fully saturated rings. The minimum absolute atomic E-state index is 0.0778. The average molecular weight is 340 g/mol. The smallest absolute Gasteiger partial charge is 0.251 e. The normalized spacial score (nSPS) is 18.3. The van der Waals surface area contributed by atoms with E-state index in [2.05, 4.69) is 38.2 Å². The van der Waals surface area contributed by atoms with Crippen molar-refractivity contribution in [2.24, 2.45) is 0 Å². The Morgan fingerprint density at radius 1 is 1.12 bits per heavy atom. The maximum absolute atomic E-state index is 12.4. The minimum atomic E-state index is -2.23. The van der Waals surface area contributed by atoms with Crippen LogP contribution in [-0.2, 0) is 0 Å². The summed E-state index contributed by atoms with van der Waals surface area (Å²) < 4.78 is 30.7. The van der Waals surface area contributed by atoms with Gasteiger partial charge >= 0.3 is 0 Å². The van der Waals surface area contributed by atoms with Crippen molar-refractivity contribution >= 4 is 0 Å². The van der Waals surface area contributed by atoms with Crippen LogP contribution in [-0.4, -0.2) is 49.7 Å². The molecule has 1 aromatic rings. The first-order chi connectivity index (χ1) is 11.4. The zero-order chi connectivity index (χ0) is 17.5. The van der Waals surface area contributed by atoms with Gasteiger partial charge in [0.05, 0.1) is 6.54 Å². The molecule has 1 aliphatic rings. The van der Waals surface area contributed by atoms with Gasteiger partial charge in [-0.1, -0.05) is 26.0 Å². The lowest BCUT2D eigenvalue weighted by molar-refractivity contribution is 0.0721. The quantitative estimate of drug-likeness (QED) is 0.777. The number of hydrogen-bond donors (Lipinski definition) is 1. The Morgan fingerprint density at radius 2 is 1.75 bits per heavy atom. The van der Waals surface area contributed by atoms with Gasteiger partial charge in [-0.2, -0.15) is 0 Å². The Balaban J connectivity index is 1.67. The van der Waals surface area contributed by atoms with E-state index in [-0.39, 0.29) is 12.6 Å². The Hall–Kier alpha value is -1.20. The molecule has 1 heterocycles. The molecule has 2 rings (SSSR count). The van der Waals surface area contributed by atoms with Gasteiger partial charge < -0.3 is 10.1 Å². The molecule has 1 aliphatic heterocycles. The van der Waals surface area contributed by atoms with E-state index in [0.29, 0.717) is 12.0 Å². The van der Waals surface area contributed by atoms with Crippen LogP contribution >= 0.6 is 0 Å². The SMILES string of the molecule is CC(CNC1CCN(CC(F)F)CC1)Oc1ccc(C(C)C)cc1. The van der Waals surface area contributed by atoms with E-state index in [4.69, 9.17) is 4.74 Å². The number of halogens is 2. The van der Waals surface area contributed by atoms with Crippen LogP contribution < -0.4 is 10.1 Å². The molecule has 0 aromatic heterocycles. The van der Waals surface area contributed by atoms with Gasteiger partial charge in [-0.3, -0.25) is 4.90 Å². The first-order valence-electron chi connectivity index (χ1n) is 8.94. The van der Waals surface area contributed by atoms with Crippen LogP contribution in [0.15, 0.2) is 24.3 Å². The van der Waals surface area contributed by atoms with Gasteiger partial charge in [-0.05, 0) is 56.5 Å². The number of ether oxygens (including phenoxy) is 1. The van der Waals surface area contributed by atoms with Crippen molar-refractivity contribution in [3.63, 3.8) is 0 Å². The summed E-state index contributed by atoms with van der Waals surface area (Å²) >= 11 is 0. The van der Waals surface area contributed by atoms with Gasteiger partial charge in [0, 0.05) is 12.6 Å². The molecule has 0 aliphatic carbocycles. The molecule has 1 atom stereocenters. The molecule has 136 valence electrons. The average Bonchev–Trinajstić information content (AvgIpc) is 2.54. The third-order valence-electron chi connectivity index (χ3n) is 4.56. The van der Waals surface area contributed by atoms with Crippen molar-refractivity contribution in [2.75, 3.05) is 26.2 Å². The number of nitrogens with zero attached hydrogens (tertiary/aromatic N) is 1. The van der Waals surface area contributed by atoms with Crippen LogP contribution in [0.4, 0.5) is 8.78 Å². The molecule has 0 saturated carbocycles. The molecule has 5 heteroatoms. The van der Waals surface area contributed by atoms with Crippen molar-refractivity contribution in [1.82, 2.24) is 10.2 Å². The van der Waals surface area contributed by atoms with Gasteiger partial charge in [0.15, 0.2) is 0 Å². The zero-order valence-corrected chi connectivity index (χ0v) is 15.0. The van der Waals surface area contributed by atoms with E-state index < -0.39 is 6.43 Å². The van der Waals surface area contributed by atoms with Crippen LogP contribution in [0.3, 0.4) is 0 Å². The second-order valence-corrected chi connectivity index (χ2v) is 7.03. The van der Waals surface area contributed by atoms with E-state index in [1.54, 1.807) is 0 Å². The van der Waals surface area contributed by atoms with Crippen molar-refractivity contribution in [1.29, 1.82) is 0 Å². The molecule has 0 amide bonds. The molecule has 1 aromatic carbocycles. The molecule has 0 radical (unpaired) electrons. The third kappa shape index (κ3) is 6.36. The van der Waals surface area contributed by atoms with E-state index in [0.717, 1.165) is 38.2 Å². The number of piperidine rings is 1. The summed E-state index contributed by atoms with van der Waals surface area (Å²) in [6.07, 6.45) is -0.315. The fraction of sp³-hybridized carbons (Fsp3) is 0.684. The maximum Gasteiger partial charge on any atom is 0.251 e.